The van der Waals surface area contributed by atoms with E-state index in [2.05, 4.69) is 15.0 Å². The number of ether oxygens (including phenoxy) is 1. The molecule has 11 heteroatoms. The second-order valence-electron chi connectivity index (χ2n) is 9.56. The molecule has 202 valence electrons. The van der Waals surface area contributed by atoms with Crippen molar-refractivity contribution in [2.75, 3.05) is 39.0 Å². The molecule has 2 amide bonds. The normalized spacial score (nSPS) is 16.4. The average molecular weight is 527 g/mol. The molecule has 2 aromatic heterocycles. The van der Waals surface area contributed by atoms with Crippen LogP contribution in [0.4, 0.5) is 14.7 Å². The fourth-order valence-electron chi connectivity index (χ4n) is 4.65. The molecule has 1 fully saturated rings. The molecule has 1 atom stereocenters. The number of benzene rings is 1. The first-order chi connectivity index (χ1) is 18.2. The lowest BCUT2D eigenvalue weighted by atomic mass is 10.1. The van der Waals surface area contributed by atoms with E-state index in [1.54, 1.807) is 6.08 Å². The molecule has 1 aliphatic heterocycles. The molecule has 9 nitrogen and oxygen atoms in total. The van der Waals surface area contributed by atoms with Crippen molar-refractivity contribution >= 4 is 28.8 Å². The summed E-state index contributed by atoms with van der Waals surface area (Å²) in [7, 11) is 3.88. The molecule has 1 aromatic carbocycles. The minimum atomic E-state index is -3.05. The number of nitrogens with one attached hydrogen (secondary N) is 1. The molecule has 38 heavy (non-hydrogen) atoms. The molecule has 1 saturated heterocycles. The van der Waals surface area contributed by atoms with E-state index in [9.17, 15) is 18.4 Å². The van der Waals surface area contributed by atoms with E-state index in [0.717, 1.165) is 36.4 Å². The van der Waals surface area contributed by atoms with Crippen molar-refractivity contribution in [1.29, 1.82) is 0 Å². The summed E-state index contributed by atoms with van der Waals surface area (Å²) in [6.45, 7) is 0.719. The topological polar surface area (TPSA) is 92.6 Å². The lowest BCUT2D eigenvalue weighted by Gasteiger charge is -2.26. The Kier molecular flexibility index (Phi) is 8.67. The van der Waals surface area contributed by atoms with Gasteiger partial charge in [0.2, 0.25) is 17.7 Å². The van der Waals surface area contributed by atoms with Crippen molar-refractivity contribution < 1.29 is 23.1 Å². The number of imidazole rings is 1. The van der Waals surface area contributed by atoms with Crippen molar-refractivity contribution in [1.82, 2.24) is 24.3 Å². The molecule has 3 heterocycles. The van der Waals surface area contributed by atoms with Crippen LogP contribution in [0.15, 0.2) is 48.7 Å². The van der Waals surface area contributed by atoms with Gasteiger partial charge in [-0.25, -0.2) is 9.97 Å². The van der Waals surface area contributed by atoms with Crippen LogP contribution in [0.25, 0.3) is 11.0 Å². The van der Waals surface area contributed by atoms with E-state index in [1.165, 1.54) is 12.3 Å². The number of likely N-dealkylation sites (tertiary alicyclic amines) is 1. The van der Waals surface area contributed by atoms with E-state index < -0.39 is 12.5 Å². The number of aromatic nitrogens is 3. The number of halogens is 2. The van der Waals surface area contributed by atoms with Crippen LogP contribution in [-0.2, 0) is 4.79 Å². The highest BCUT2D eigenvalue weighted by atomic mass is 19.3. The fourth-order valence-corrected chi connectivity index (χ4v) is 4.65. The van der Waals surface area contributed by atoms with Gasteiger partial charge in [-0.2, -0.15) is 8.78 Å². The zero-order valence-corrected chi connectivity index (χ0v) is 21.7. The summed E-state index contributed by atoms with van der Waals surface area (Å²) < 4.78 is 31.6. The van der Waals surface area contributed by atoms with Crippen LogP contribution in [0, 0.1) is 6.92 Å². The second kappa shape index (κ2) is 12.1. The lowest BCUT2D eigenvalue weighted by molar-refractivity contribution is -0.126. The van der Waals surface area contributed by atoms with Crippen molar-refractivity contribution in [2.24, 2.45) is 0 Å². The summed E-state index contributed by atoms with van der Waals surface area (Å²) in [5, 5.41) is 2.85. The summed E-state index contributed by atoms with van der Waals surface area (Å²) in [5.74, 6) is -0.602. The van der Waals surface area contributed by atoms with Gasteiger partial charge in [0.25, 0.3) is 5.91 Å². The number of hydrogen-bond donors (Lipinski definition) is 1. The van der Waals surface area contributed by atoms with E-state index in [1.807, 2.05) is 59.7 Å². The van der Waals surface area contributed by atoms with E-state index in [0.29, 0.717) is 31.1 Å². The summed E-state index contributed by atoms with van der Waals surface area (Å²) >= 11 is 0. The molecular weight excluding hydrogens is 494 g/mol. The van der Waals surface area contributed by atoms with Crippen LogP contribution in [0.5, 0.6) is 5.88 Å². The predicted molar refractivity (Wildman–Crippen MR) is 140 cm³/mol. The molecule has 4 rings (SSSR count). The van der Waals surface area contributed by atoms with Gasteiger partial charge in [-0.1, -0.05) is 18.2 Å². The Balaban J connectivity index is 1.65. The van der Waals surface area contributed by atoms with Gasteiger partial charge in [-0.05, 0) is 58.0 Å². The third-order valence-electron chi connectivity index (χ3n) is 6.40. The third-order valence-corrected chi connectivity index (χ3v) is 6.40. The van der Waals surface area contributed by atoms with Gasteiger partial charge < -0.3 is 19.1 Å². The van der Waals surface area contributed by atoms with Crippen molar-refractivity contribution in [3.05, 3.63) is 59.8 Å². The van der Waals surface area contributed by atoms with E-state index >= 15 is 0 Å². The van der Waals surface area contributed by atoms with Crippen LogP contribution in [-0.4, -0.2) is 76.5 Å². The zero-order chi connectivity index (χ0) is 27.2. The van der Waals surface area contributed by atoms with Crippen LogP contribution >= 0.6 is 0 Å². The monoisotopic (exact) mass is 526 g/mol. The Morgan fingerprint density at radius 2 is 2.08 bits per heavy atom. The summed E-state index contributed by atoms with van der Waals surface area (Å²) in [4.78, 5) is 38.4. The number of nitrogens with zero attached hydrogens (tertiary/aromatic N) is 5. The van der Waals surface area contributed by atoms with Gasteiger partial charge >= 0.3 is 6.61 Å². The highest BCUT2D eigenvalue weighted by molar-refractivity contribution is 6.04. The van der Waals surface area contributed by atoms with Gasteiger partial charge in [0.15, 0.2) is 0 Å². The molecule has 1 aliphatic rings. The van der Waals surface area contributed by atoms with Gasteiger partial charge in [-0.15, -0.1) is 0 Å². The molecule has 0 saturated carbocycles. The number of amides is 2. The maximum atomic E-state index is 13.1. The molecular formula is C27H32F2N6O3. The Hall–Kier alpha value is -3.86. The number of hydrogen-bond acceptors (Lipinski definition) is 6. The molecule has 0 unspecified atom stereocenters. The first kappa shape index (κ1) is 27.2. The van der Waals surface area contributed by atoms with Crippen molar-refractivity contribution in [3.8, 4) is 5.88 Å². The maximum absolute atomic E-state index is 13.1. The number of carbonyl (C=O) groups is 2. The Morgan fingerprint density at radius 1 is 1.26 bits per heavy atom. The SMILES string of the molecule is Cc1cccc2nc(NC(=O)c3ccnc(OC(F)F)c3)n([C@@H]3CCCCN(C(=O)/C=C/CN(C)C)C3)c12. The van der Waals surface area contributed by atoms with Crippen LogP contribution in [0.2, 0.25) is 0 Å². The van der Waals surface area contributed by atoms with E-state index in [-0.39, 0.29) is 23.4 Å². The maximum Gasteiger partial charge on any atom is 0.388 e. The summed E-state index contributed by atoms with van der Waals surface area (Å²) in [5.41, 5.74) is 2.68. The molecule has 0 spiro atoms. The lowest BCUT2D eigenvalue weighted by Crippen LogP contribution is -2.35. The minimum Gasteiger partial charge on any atom is -0.417 e. The van der Waals surface area contributed by atoms with Crippen molar-refractivity contribution in [3.63, 3.8) is 0 Å². The number of likely N-dealkylation sites (N-methyl/N-ethyl adjacent to an activating group) is 1. The highest BCUT2D eigenvalue weighted by Gasteiger charge is 2.27. The third kappa shape index (κ3) is 6.52. The Morgan fingerprint density at radius 3 is 2.84 bits per heavy atom. The number of alkyl halides is 2. The number of fused-ring (bicyclic) bond motifs is 1. The first-order valence-corrected chi connectivity index (χ1v) is 12.5. The predicted octanol–water partition coefficient (Wildman–Crippen LogP) is 4.26. The Bertz CT molecular complexity index is 1320. The van der Waals surface area contributed by atoms with Crippen LogP contribution in [0.1, 0.15) is 41.2 Å². The molecule has 3 aromatic rings. The average Bonchev–Trinajstić information content (AvgIpc) is 3.05. The molecule has 0 aliphatic carbocycles. The van der Waals surface area contributed by atoms with Crippen molar-refractivity contribution in [2.45, 2.75) is 38.8 Å². The fraction of sp³-hybridized carbons (Fsp3) is 0.407. The number of para-hydroxylation sites is 1. The number of carbonyl (C=O) groups excluding carboxylic acids is 2. The molecule has 0 radical (unpaired) electrons. The quantitative estimate of drug-likeness (QED) is 0.441. The van der Waals surface area contributed by atoms with Crippen LogP contribution in [0.3, 0.4) is 0 Å². The summed E-state index contributed by atoms with van der Waals surface area (Å²) in [6.07, 6.45) is 7.29. The van der Waals surface area contributed by atoms with Gasteiger partial charge in [0, 0.05) is 43.5 Å². The van der Waals surface area contributed by atoms with Gasteiger partial charge in [0.05, 0.1) is 17.1 Å². The summed E-state index contributed by atoms with van der Waals surface area (Å²) in [6, 6.07) is 8.20. The zero-order valence-electron chi connectivity index (χ0n) is 21.7. The second-order valence-corrected chi connectivity index (χ2v) is 9.56. The molecule has 1 N–H and O–H groups in total. The number of aryl methyl sites for hydroxylation is 1. The standard InChI is InChI=1S/C27H32F2N6O3/c1-18-8-6-10-21-24(18)35(20-9-4-5-15-34(17-20)23(36)11-7-14-33(2)3)27(31-21)32-25(37)19-12-13-30-22(16-19)38-26(28)29/h6-8,10-13,16,20,26H,4-5,9,14-15,17H2,1-3H3,(H,31,32,37)/b11-7+/t20-/m1/s1. The number of rotatable bonds is 8. The van der Waals surface area contributed by atoms with Crippen LogP contribution < -0.4 is 10.1 Å². The largest absolute Gasteiger partial charge is 0.417 e. The van der Waals surface area contributed by atoms with E-state index in [4.69, 9.17) is 4.98 Å². The molecule has 0 bridgehead atoms. The first-order valence-electron chi connectivity index (χ1n) is 12.5. The smallest absolute Gasteiger partial charge is 0.388 e. The van der Waals surface area contributed by atoms with Gasteiger partial charge in [-0.3, -0.25) is 14.9 Å². The van der Waals surface area contributed by atoms with Gasteiger partial charge in [0.1, 0.15) is 0 Å². The number of pyridine rings is 1. The minimum absolute atomic E-state index is 0.0474. The number of anilines is 1. The Labute approximate surface area is 220 Å². The highest BCUT2D eigenvalue weighted by Crippen LogP contribution is 2.32.